The summed E-state index contributed by atoms with van der Waals surface area (Å²) < 4.78 is 12.5. The first-order valence-corrected chi connectivity index (χ1v) is 12.4. The van der Waals surface area contributed by atoms with Gasteiger partial charge >= 0.3 is 0 Å². The minimum absolute atomic E-state index is 0.174. The molecule has 0 N–H and O–H groups in total. The van der Waals surface area contributed by atoms with Crippen molar-refractivity contribution < 1.29 is 9.47 Å². The average molecular weight is 421 g/mol. The molecule has 2 aliphatic carbocycles. The monoisotopic (exact) mass is 420 g/mol. The summed E-state index contributed by atoms with van der Waals surface area (Å²) in [6.45, 7) is 9.30. The Morgan fingerprint density at radius 2 is 1.16 bits per heavy atom. The van der Waals surface area contributed by atoms with Gasteiger partial charge in [-0.15, -0.1) is 0 Å². The van der Waals surface area contributed by atoms with E-state index in [1.54, 1.807) is 0 Å². The predicted molar refractivity (Wildman–Crippen MR) is 129 cm³/mol. The molecule has 2 aromatic carbocycles. The molecule has 0 aliphatic heterocycles. The Morgan fingerprint density at radius 3 is 1.71 bits per heavy atom. The molecule has 2 aliphatic rings. The summed E-state index contributed by atoms with van der Waals surface area (Å²) in [5, 5.41) is 0. The number of aryl methyl sites for hydroxylation is 1. The zero-order chi connectivity index (χ0) is 21.8. The normalized spacial score (nSPS) is 27.1. The van der Waals surface area contributed by atoms with Crippen molar-refractivity contribution in [3.05, 3.63) is 59.7 Å². The fourth-order valence-corrected chi connectivity index (χ4v) is 5.49. The summed E-state index contributed by atoms with van der Waals surface area (Å²) in [5.41, 5.74) is 2.83. The van der Waals surface area contributed by atoms with Crippen molar-refractivity contribution in [3.8, 4) is 11.5 Å². The van der Waals surface area contributed by atoms with Crippen molar-refractivity contribution in [2.24, 2.45) is 11.8 Å². The van der Waals surface area contributed by atoms with E-state index in [4.69, 9.17) is 9.47 Å². The molecule has 0 amide bonds. The smallest absolute Gasteiger partial charge is 0.127 e. The number of hydrogen-bond acceptors (Lipinski definition) is 2. The fourth-order valence-electron chi connectivity index (χ4n) is 5.49. The molecule has 0 aromatic heterocycles. The molecule has 0 radical (unpaired) electrons. The van der Waals surface area contributed by atoms with Gasteiger partial charge in [-0.1, -0.05) is 50.6 Å². The lowest BCUT2D eigenvalue weighted by Crippen LogP contribution is -2.35. The zero-order valence-corrected chi connectivity index (χ0v) is 19.9. The Bertz CT molecular complexity index is 805. The third-order valence-electron chi connectivity index (χ3n) is 7.90. The quantitative estimate of drug-likeness (QED) is 0.468. The average Bonchev–Trinajstić information content (AvgIpc) is 2.78. The predicted octanol–water partition coefficient (Wildman–Crippen LogP) is 8.22. The molecule has 2 aromatic rings. The van der Waals surface area contributed by atoms with Gasteiger partial charge in [0.2, 0.25) is 0 Å². The van der Waals surface area contributed by atoms with Crippen molar-refractivity contribution in [2.75, 3.05) is 0 Å². The van der Waals surface area contributed by atoms with Gasteiger partial charge in [0, 0.05) is 0 Å². The molecule has 0 atom stereocenters. The highest BCUT2D eigenvalue weighted by atomic mass is 16.5. The molecule has 0 saturated heterocycles. The molecular weight excluding hydrogens is 380 g/mol. The summed E-state index contributed by atoms with van der Waals surface area (Å²) in [6, 6.07) is 17.0. The van der Waals surface area contributed by atoms with Crippen molar-refractivity contribution >= 4 is 0 Å². The highest BCUT2D eigenvalue weighted by molar-refractivity contribution is 5.36. The van der Waals surface area contributed by atoms with Crippen molar-refractivity contribution in [2.45, 2.75) is 96.7 Å². The van der Waals surface area contributed by atoms with Crippen LogP contribution >= 0.6 is 0 Å². The van der Waals surface area contributed by atoms with E-state index in [9.17, 15) is 0 Å². The molecule has 0 unspecified atom stereocenters. The lowest BCUT2D eigenvalue weighted by molar-refractivity contribution is -0.0591. The van der Waals surface area contributed by atoms with Gasteiger partial charge in [-0.25, -0.2) is 0 Å². The molecule has 2 fully saturated rings. The number of hydrogen-bond donors (Lipinski definition) is 0. The van der Waals surface area contributed by atoms with Crippen molar-refractivity contribution in [1.82, 2.24) is 0 Å². The Morgan fingerprint density at radius 1 is 0.677 bits per heavy atom. The fraction of sp³-hybridized carbons (Fsp3) is 0.586. The van der Waals surface area contributed by atoms with Gasteiger partial charge in [-0.3, -0.25) is 0 Å². The molecule has 2 saturated carbocycles. The molecule has 0 bridgehead atoms. The number of benzene rings is 2. The van der Waals surface area contributed by atoms with Crippen LogP contribution in [0.15, 0.2) is 48.5 Å². The van der Waals surface area contributed by atoms with Crippen molar-refractivity contribution in [3.63, 3.8) is 0 Å². The molecule has 4 rings (SSSR count). The molecule has 2 nitrogen and oxygen atoms in total. The maximum atomic E-state index is 6.51. The van der Waals surface area contributed by atoms with Gasteiger partial charge in [0.1, 0.15) is 11.5 Å². The summed E-state index contributed by atoms with van der Waals surface area (Å²) in [5.74, 6) is 3.40. The number of rotatable bonds is 6. The zero-order valence-electron chi connectivity index (χ0n) is 19.9. The third kappa shape index (κ3) is 5.71. The van der Waals surface area contributed by atoms with Crippen molar-refractivity contribution in [1.29, 1.82) is 0 Å². The van der Waals surface area contributed by atoms with E-state index >= 15 is 0 Å². The Hall–Kier alpha value is -1.80. The summed E-state index contributed by atoms with van der Waals surface area (Å²) >= 11 is 0. The lowest BCUT2D eigenvalue weighted by Gasteiger charge is -2.41. The van der Waals surface area contributed by atoms with Crippen LogP contribution in [-0.2, 0) is 10.2 Å². The van der Waals surface area contributed by atoms with Crippen LogP contribution in [0.25, 0.3) is 0 Å². The third-order valence-corrected chi connectivity index (χ3v) is 7.90. The van der Waals surface area contributed by atoms with Crippen LogP contribution in [-0.4, -0.2) is 12.2 Å². The minimum Gasteiger partial charge on any atom is -0.457 e. The highest BCUT2D eigenvalue weighted by Crippen LogP contribution is 2.42. The first kappa shape index (κ1) is 22.4. The van der Waals surface area contributed by atoms with Crippen LogP contribution in [0.5, 0.6) is 11.5 Å². The van der Waals surface area contributed by atoms with Gasteiger partial charge in [-0.2, -0.15) is 0 Å². The molecular formula is C29H40O2. The molecule has 2 heteroatoms. The summed E-state index contributed by atoms with van der Waals surface area (Å²) in [6.07, 6.45) is 11.2. The van der Waals surface area contributed by atoms with Crippen LogP contribution in [0.4, 0.5) is 0 Å². The minimum atomic E-state index is 0.174. The second-order valence-electron chi connectivity index (χ2n) is 10.7. The van der Waals surface area contributed by atoms with E-state index in [-0.39, 0.29) is 5.41 Å². The molecule has 31 heavy (non-hydrogen) atoms. The lowest BCUT2D eigenvalue weighted by atomic mass is 9.67. The van der Waals surface area contributed by atoms with Gasteiger partial charge in [-0.05, 0) is 105 Å². The van der Waals surface area contributed by atoms with E-state index in [0.29, 0.717) is 18.1 Å². The Kier molecular flexibility index (Phi) is 7.06. The highest BCUT2D eigenvalue weighted by Gasteiger charge is 2.35. The summed E-state index contributed by atoms with van der Waals surface area (Å²) in [7, 11) is 0. The van der Waals surface area contributed by atoms with E-state index in [2.05, 4.69) is 64.1 Å². The van der Waals surface area contributed by atoms with E-state index < -0.39 is 0 Å². The SMILES string of the molecule is Cc1ccc(Oc2ccc(C(C)(C)C3CCC(OC4CCC(C)CC4)CC3)cc2)cc1. The first-order chi connectivity index (χ1) is 14.9. The number of ether oxygens (including phenoxy) is 2. The second-order valence-corrected chi connectivity index (χ2v) is 10.7. The molecule has 0 heterocycles. The standard InChI is InChI=1S/C29H40O2/c1-21-5-13-25(14-6-21)30-27-17-9-23(10-18-27)29(3,4)24-11-19-28(20-12-24)31-26-15-7-22(2)8-16-26/h5-6,9-10,13-14,17-18,22,24,26,28H,7-8,11-12,15-16,19-20H2,1-4H3. The first-order valence-electron chi connectivity index (χ1n) is 12.4. The van der Waals surface area contributed by atoms with E-state index in [1.807, 2.05) is 12.1 Å². The van der Waals surface area contributed by atoms with Crippen LogP contribution in [0.3, 0.4) is 0 Å². The maximum Gasteiger partial charge on any atom is 0.127 e. The molecule has 168 valence electrons. The second kappa shape index (κ2) is 9.77. The van der Waals surface area contributed by atoms with Crippen LogP contribution in [0.2, 0.25) is 0 Å². The van der Waals surface area contributed by atoms with Gasteiger partial charge in [0.05, 0.1) is 12.2 Å². The van der Waals surface area contributed by atoms with Crippen LogP contribution < -0.4 is 4.74 Å². The van der Waals surface area contributed by atoms with Gasteiger partial charge < -0.3 is 9.47 Å². The largest absolute Gasteiger partial charge is 0.457 e. The van der Waals surface area contributed by atoms with E-state index in [0.717, 1.165) is 17.4 Å². The topological polar surface area (TPSA) is 18.5 Å². The summed E-state index contributed by atoms with van der Waals surface area (Å²) in [4.78, 5) is 0. The van der Waals surface area contributed by atoms with E-state index in [1.165, 1.54) is 62.5 Å². The Balaban J connectivity index is 1.30. The van der Waals surface area contributed by atoms with Crippen LogP contribution in [0, 0.1) is 18.8 Å². The maximum absolute atomic E-state index is 6.51. The van der Waals surface area contributed by atoms with Gasteiger partial charge in [0.25, 0.3) is 0 Å². The molecule has 0 spiro atoms. The van der Waals surface area contributed by atoms with Gasteiger partial charge in [0.15, 0.2) is 0 Å². The van der Waals surface area contributed by atoms with Crippen LogP contribution in [0.1, 0.15) is 83.3 Å². The Labute approximate surface area is 189 Å².